The predicted molar refractivity (Wildman–Crippen MR) is 155 cm³/mol. The third-order valence-corrected chi connectivity index (χ3v) is 6.11. The number of nitrogens with one attached hydrogen (secondary N) is 3. The smallest absolute Gasteiger partial charge is 0.411 e. The summed E-state index contributed by atoms with van der Waals surface area (Å²) in [6.45, 7) is 9.79. The van der Waals surface area contributed by atoms with Crippen LogP contribution in [0.3, 0.4) is 0 Å². The summed E-state index contributed by atoms with van der Waals surface area (Å²) in [5, 5.41) is 2.75. The Hall–Kier alpha value is -4.52. The summed E-state index contributed by atoms with van der Waals surface area (Å²) in [6.07, 6.45) is 20.8. The molecule has 0 aromatic carbocycles. The quantitative estimate of drug-likeness (QED) is 0.182. The first-order valence-corrected chi connectivity index (χ1v) is 13.1. The molecule has 0 bridgehead atoms. The molecular weight excluding hydrogens is 490 g/mol. The first-order valence-electron chi connectivity index (χ1n) is 13.1. The van der Waals surface area contributed by atoms with Gasteiger partial charge >= 0.3 is 6.09 Å². The van der Waals surface area contributed by atoms with Gasteiger partial charge in [-0.05, 0) is 80.3 Å². The summed E-state index contributed by atoms with van der Waals surface area (Å²) in [5.41, 5.74) is 6.28. The number of fused-ring (bicyclic) bond motifs is 2. The van der Waals surface area contributed by atoms with E-state index < -0.39 is 6.09 Å². The van der Waals surface area contributed by atoms with Crippen molar-refractivity contribution in [1.29, 1.82) is 0 Å². The topological polar surface area (TPSA) is 96.2 Å². The molecule has 7 heteroatoms. The molecule has 0 aliphatic heterocycles. The number of H-pyrrole nitrogens is 2. The van der Waals surface area contributed by atoms with Crippen LogP contribution in [0.2, 0.25) is 0 Å². The standard InChI is InChI=1S/C32H35N3O4/c1-5-7-11-22(10-6-2)20-38-26-13-9-15-28-24(17-26)19-30(35-28)31(36)29-18-23-16-25(12-8-14-27(23)34-29)33-32(37)39-21(3)4/h5-6,8-13,16-19,21,34-35H,1,7,14-15,20H2,2-4H3,(H,33,37)/b10-6-,22-11+. The third-order valence-electron chi connectivity index (χ3n) is 6.11. The SMILES string of the molecule is C=CC/C=C(\C=C/C)COC1=Cc2cc(C(=O)c3cc4c([nH]3)CC=CC(NC(=O)OC(C)C)=C4)[nH]c2CC=C1. The average Bonchev–Trinajstić information content (AvgIpc) is 3.36. The minimum absolute atomic E-state index is 0.134. The summed E-state index contributed by atoms with van der Waals surface area (Å²) >= 11 is 0. The Balaban J connectivity index is 1.50. The number of allylic oxidation sites excluding steroid dienone is 7. The van der Waals surface area contributed by atoms with Gasteiger partial charge in [0.1, 0.15) is 12.4 Å². The number of hydrogen-bond donors (Lipinski definition) is 3. The van der Waals surface area contributed by atoms with Crippen molar-refractivity contribution >= 4 is 24.0 Å². The van der Waals surface area contributed by atoms with Crippen molar-refractivity contribution in [3.05, 3.63) is 118 Å². The lowest BCUT2D eigenvalue weighted by molar-refractivity contribution is 0.103. The second-order valence-electron chi connectivity index (χ2n) is 9.59. The maximum absolute atomic E-state index is 13.4. The summed E-state index contributed by atoms with van der Waals surface area (Å²) in [7, 11) is 0. The Bertz CT molecular complexity index is 1420. The van der Waals surface area contributed by atoms with Crippen LogP contribution in [0.1, 0.15) is 65.9 Å². The minimum atomic E-state index is -0.514. The molecule has 0 radical (unpaired) electrons. The molecule has 2 aliphatic rings. The molecule has 7 nitrogen and oxygen atoms in total. The van der Waals surface area contributed by atoms with Crippen molar-refractivity contribution in [1.82, 2.24) is 15.3 Å². The van der Waals surface area contributed by atoms with Crippen LogP contribution in [0.15, 0.2) is 84.3 Å². The van der Waals surface area contributed by atoms with E-state index >= 15 is 0 Å². The van der Waals surface area contributed by atoms with Crippen LogP contribution in [-0.2, 0) is 22.3 Å². The lowest BCUT2D eigenvalue weighted by Crippen LogP contribution is -2.25. The number of rotatable bonds is 10. The second kappa shape index (κ2) is 12.8. The zero-order valence-electron chi connectivity index (χ0n) is 22.7. The Kier molecular flexibility index (Phi) is 9.05. The molecule has 39 heavy (non-hydrogen) atoms. The highest BCUT2D eigenvalue weighted by Crippen LogP contribution is 2.25. The molecule has 3 N–H and O–H groups in total. The van der Waals surface area contributed by atoms with E-state index in [0.717, 1.165) is 40.3 Å². The van der Waals surface area contributed by atoms with Gasteiger partial charge in [-0.2, -0.15) is 0 Å². The highest BCUT2D eigenvalue weighted by molar-refractivity contribution is 6.07. The van der Waals surface area contributed by atoms with Crippen molar-refractivity contribution < 1.29 is 19.1 Å². The van der Waals surface area contributed by atoms with E-state index in [-0.39, 0.29) is 11.9 Å². The maximum atomic E-state index is 13.4. The molecule has 2 aromatic heterocycles. The molecule has 2 aromatic rings. The molecule has 0 saturated heterocycles. The molecule has 0 unspecified atom stereocenters. The van der Waals surface area contributed by atoms with Gasteiger partial charge in [-0.1, -0.05) is 36.5 Å². The first-order chi connectivity index (χ1) is 18.9. The van der Waals surface area contributed by atoms with E-state index in [2.05, 4.69) is 27.9 Å². The molecule has 1 amide bonds. The van der Waals surface area contributed by atoms with Crippen molar-refractivity contribution in [3.8, 4) is 0 Å². The van der Waals surface area contributed by atoms with Gasteiger partial charge in [-0.15, -0.1) is 6.58 Å². The second-order valence-corrected chi connectivity index (χ2v) is 9.59. The molecule has 0 atom stereocenters. The lowest BCUT2D eigenvalue weighted by Gasteiger charge is -2.09. The number of hydrogen-bond acceptors (Lipinski definition) is 4. The van der Waals surface area contributed by atoms with Gasteiger partial charge < -0.3 is 19.4 Å². The Morgan fingerprint density at radius 2 is 1.72 bits per heavy atom. The van der Waals surface area contributed by atoms with Crippen molar-refractivity contribution in [2.24, 2.45) is 0 Å². The maximum Gasteiger partial charge on any atom is 0.411 e. The number of alkyl carbamates (subject to hydrolysis) is 1. The van der Waals surface area contributed by atoms with Gasteiger partial charge in [0.2, 0.25) is 5.78 Å². The summed E-state index contributed by atoms with van der Waals surface area (Å²) < 4.78 is 11.2. The van der Waals surface area contributed by atoms with Crippen molar-refractivity contribution in [2.75, 3.05) is 6.61 Å². The number of ether oxygens (including phenoxy) is 2. The van der Waals surface area contributed by atoms with Gasteiger partial charge in [0.05, 0.1) is 17.5 Å². The number of carbonyl (C=O) groups is 2. The van der Waals surface area contributed by atoms with Crippen LogP contribution < -0.4 is 5.32 Å². The highest BCUT2D eigenvalue weighted by atomic mass is 16.6. The van der Waals surface area contributed by atoms with Crippen LogP contribution >= 0.6 is 0 Å². The zero-order valence-corrected chi connectivity index (χ0v) is 22.7. The van der Waals surface area contributed by atoms with Gasteiger partial charge in [0, 0.05) is 29.9 Å². The molecule has 0 spiro atoms. The van der Waals surface area contributed by atoms with Crippen LogP contribution in [-0.4, -0.2) is 34.6 Å². The van der Waals surface area contributed by atoms with Gasteiger partial charge in [0.25, 0.3) is 0 Å². The van der Waals surface area contributed by atoms with E-state index in [1.165, 1.54) is 0 Å². The third kappa shape index (κ3) is 7.29. The summed E-state index contributed by atoms with van der Waals surface area (Å²) in [4.78, 5) is 32.0. The predicted octanol–water partition coefficient (Wildman–Crippen LogP) is 6.71. The van der Waals surface area contributed by atoms with Crippen LogP contribution in [0.5, 0.6) is 0 Å². The monoisotopic (exact) mass is 525 g/mol. The van der Waals surface area contributed by atoms with E-state index in [1.54, 1.807) is 13.8 Å². The number of aromatic nitrogens is 2. The van der Waals surface area contributed by atoms with E-state index in [0.29, 0.717) is 36.5 Å². The normalized spacial score (nSPS) is 14.7. The van der Waals surface area contributed by atoms with E-state index in [1.807, 2.05) is 73.7 Å². The molecule has 0 saturated carbocycles. The number of amides is 1. The number of aromatic amines is 2. The molecule has 2 aliphatic carbocycles. The summed E-state index contributed by atoms with van der Waals surface area (Å²) in [5.74, 6) is 0.602. The first kappa shape index (κ1) is 27.5. The number of carbonyl (C=O) groups excluding carboxylic acids is 2. The van der Waals surface area contributed by atoms with E-state index in [9.17, 15) is 9.59 Å². The highest BCUT2D eigenvalue weighted by Gasteiger charge is 2.20. The van der Waals surface area contributed by atoms with Crippen LogP contribution in [0, 0.1) is 0 Å². The number of ketones is 1. The van der Waals surface area contributed by atoms with Gasteiger partial charge in [-0.3, -0.25) is 10.1 Å². The van der Waals surface area contributed by atoms with Gasteiger partial charge in [-0.25, -0.2) is 4.79 Å². The van der Waals surface area contributed by atoms with Crippen LogP contribution in [0.25, 0.3) is 12.2 Å². The minimum Gasteiger partial charge on any atom is -0.489 e. The molecule has 2 heterocycles. The zero-order chi connectivity index (χ0) is 27.8. The van der Waals surface area contributed by atoms with Crippen molar-refractivity contribution in [3.63, 3.8) is 0 Å². The fraction of sp³-hybridized carbons (Fsp3) is 0.250. The Morgan fingerprint density at radius 1 is 1.05 bits per heavy atom. The molecule has 202 valence electrons. The summed E-state index contributed by atoms with van der Waals surface area (Å²) in [6, 6.07) is 3.68. The fourth-order valence-electron chi connectivity index (χ4n) is 4.35. The van der Waals surface area contributed by atoms with E-state index in [4.69, 9.17) is 9.47 Å². The molecule has 4 rings (SSSR count). The van der Waals surface area contributed by atoms with Crippen molar-refractivity contribution in [2.45, 2.75) is 46.1 Å². The average molecular weight is 526 g/mol. The Morgan fingerprint density at radius 3 is 2.36 bits per heavy atom. The van der Waals surface area contributed by atoms with Gasteiger partial charge in [0.15, 0.2) is 0 Å². The fourth-order valence-corrected chi connectivity index (χ4v) is 4.35. The largest absolute Gasteiger partial charge is 0.489 e. The van der Waals surface area contributed by atoms with Crippen LogP contribution in [0.4, 0.5) is 4.79 Å². The lowest BCUT2D eigenvalue weighted by atomic mass is 10.1. The molecular formula is C32H35N3O4. The molecule has 0 fully saturated rings. The Labute approximate surface area is 229 Å².